The van der Waals surface area contributed by atoms with Crippen molar-refractivity contribution in [3.63, 3.8) is 0 Å². The van der Waals surface area contributed by atoms with Crippen LogP contribution in [0.3, 0.4) is 0 Å². The van der Waals surface area contributed by atoms with E-state index in [1.165, 1.54) is 0 Å². The maximum atomic E-state index is 9.20. The number of hydrogen-bond acceptors (Lipinski definition) is 4. The van der Waals surface area contributed by atoms with E-state index in [-0.39, 0.29) is 13.2 Å². The first kappa shape index (κ1) is 14.2. The van der Waals surface area contributed by atoms with Gasteiger partial charge in [0, 0.05) is 13.1 Å². The van der Waals surface area contributed by atoms with Crippen molar-refractivity contribution < 1.29 is 10.2 Å². The van der Waals surface area contributed by atoms with Gasteiger partial charge in [-0.05, 0) is 26.3 Å². The van der Waals surface area contributed by atoms with Gasteiger partial charge in [-0.1, -0.05) is 6.92 Å². The summed E-state index contributed by atoms with van der Waals surface area (Å²) >= 11 is 0. The first-order valence-electron chi connectivity index (χ1n) is 6.11. The molecule has 0 radical (unpaired) electrons. The van der Waals surface area contributed by atoms with Gasteiger partial charge in [0.05, 0.1) is 30.1 Å². The molecule has 0 fully saturated rings. The topological polar surface area (TPSA) is 70.3 Å². The van der Waals surface area contributed by atoms with Crippen LogP contribution in [0.1, 0.15) is 32.2 Å². The molecule has 0 amide bonds. The molecule has 0 aliphatic rings. The average Bonchev–Trinajstić information content (AvgIpc) is 2.78. The molecular formula is C12H23N3O2. The Morgan fingerprint density at radius 2 is 2.00 bits per heavy atom. The molecule has 1 rings (SSSR count). The fraction of sp³-hybridized carbons (Fsp3) is 0.750. The van der Waals surface area contributed by atoms with E-state index in [1.54, 1.807) is 6.92 Å². The fourth-order valence-electron chi connectivity index (χ4n) is 1.57. The van der Waals surface area contributed by atoms with Crippen molar-refractivity contribution in [2.24, 2.45) is 0 Å². The number of aliphatic hydroxyl groups is 2. The highest BCUT2D eigenvalue weighted by molar-refractivity contribution is 5.10. The van der Waals surface area contributed by atoms with Gasteiger partial charge in [0.2, 0.25) is 0 Å². The molecule has 1 aromatic rings. The Morgan fingerprint density at radius 1 is 1.35 bits per heavy atom. The molecule has 98 valence electrons. The molecule has 0 aromatic carbocycles. The minimum atomic E-state index is -0.644. The van der Waals surface area contributed by atoms with Gasteiger partial charge < -0.3 is 15.5 Å². The number of nitrogens with one attached hydrogen (secondary N) is 1. The van der Waals surface area contributed by atoms with Crippen LogP contribution in [0.2, 0.25) is 0 Å². The highest BCUT2D eigenvalue weighted by Gasteiger charge is 2.21. The largest absolute Gasteiger partial charge is 0.394 e. The molecule has 0 spiro atoms. The van der Waals surface area contributed by atoms with Crippen molar-refractivity contribution in [1.82, 2.24) is 15.1 Å². The molecular weight excluding hydrogens is 218 g/mol. The van der Waals surface area contributed by atoms with Crippen LogP contribution >= 0.6 is 0 Å². The van der Waals surface area contributed by atoms with Gasteiger partial charge in [0.15, 0.2) is 0 Å². The van der Waals surface area contributed by atoms with Crippen molar-refractivity contribution in [3.05, 3.63) is 17.5 Å². The molecule has 0 aliphatic carbocycles. The molecule has 0 bridgehead atoms. The van der Waals surface area contributed by atoms with E-state index in [0.717, 1.165) is 24.4 Å². The standard InChI is InChI=1S/C12H23N3O2/c1-4-10-6-11(15(5-2)14-10)7-13-12(3,8-16)9-17/h6,13,16-17H,4-5,7-9H2,1-3H3. The SMILES string of the molecule is CCc1cc(CNC(C)(CO)CO)n(CC)n1. The number of aromatic nitrogens is 2. The number of rotatable bonds is 7. The molecule has 17 heavy (non-hydrogen) atoms. The third-order valence-electron chi connectivity index (χ3n) is 2.97. The molecule has 0 saturated heterocycles. The van der Waals surface area contributed by atoms with Crippen LogP contribution in [-0.2, 0) is 19.5 Å². The van der Waals surface area contributed by atoms with Gasteiger partial charge in [0.1, 0.15) is 0 Å². The van der Waals surface area contributed by atoms with E-state index in [4.69, 9.17) is 0 Å². The second-order valence-electron chi connectivity index (χ2n) is 4.53. The molecule has 0 unspecified atom stereocenters. The van der Waals surface area contributed by atoms with E-state index in [1.807, 2.05) is 11.6 Å². The van der Waals surface area contributed by atoms with E-state index < -0.39 is 5.54 Å². The number of nitrogens with zero attached hydrogens (tertiary/aromatic N) is 2. The highest BCUT2D eigenvalue weighted by Crippen LogP contribution is 2.08. The minimum Gasteiger partial charge on any atom is -0.394 e. The molecule has 0 aliphatic heterocycles. The van der Waals surface area contributed by atoms with Gasteiger partial charge in [-0.25, -0.2) is 0 Å². The van der Waals surface area contributed by atoms with E-state index in [9.17, 15) is 10.2 Å². The lowest BCUT2D eigenvalue weighted by atomic mass is 10.1. The summed E-state index contributed by atoms with van der Waals surface area (Å²) in [5.41, 5.74) is 1.51. The van der Waals surface area contributed by atoms with Crippen molar-refractivity contribution >= 4 is 0 Å². The zero-order valence-electron chi connectivity index (χ0n) is 10.9. The Morgan fingerprint density at radius 3 is 2.47 bits per heavy atom. The van der Waals surface area contributed by atoms with Crippen LogP contribution in [0.5, 0.6) is 0 Å². The Balaban J connectivity index is 2.71. The third kappa shape index (κ3) is 3.52. The first-order chi connectivity index (χ1) is 8.08. The second-order valence-corrected chi connectivity index (χ2v) is 4.53. The summed E-state index contributed by atoms with van der Waals surface area (Å²) in [6, 6.07) is 2.06. The van der Waals surface area contributed by atoms with Crippen molar-refractivity contribution in [2.45, 2.75) is 45.8 Å². The summed E-state index contributed by atoms with van der Waals surface area (Å²) in [6.45, 7) is 7.15. The third-order valence-corrected chi connectivity index (χ3v) is 2.97. The Bertz CT molecular complexity index is 346. The molecule has 5 heteroatoms. The smallest absolute Gasteiger partial charge is 0.0633 e. The summed E-state index contributed by atoms with van der Waals surface area (Å²) in [5.74, 6) is 0. The lowest BCUT2D eigenvalue weighted by Gasteiger charge is -2.26. The van der Waals surface area contributed by atoms with Crippen LogP contribution in [0.25, 0.3) is 0 Å². The van der Waals surface area contributed by atoms with Gasteiger partial charge in [-0.15, -0.1) is 0 Å². The number of aryl methyl sites for hydroxylation is 2. The van der Waals surface area contributed by atoms with Crippen molar-refractivity contribution in [3.8, 4) is 0 Å². The second kappa shape index (κ2) is 6.14. The maximum Gasteiger partial charge on any atom is 0.0633 e. The Labute approximate surface area is 102 Å². The molecule has 5 nitrogen and oxygen atoms in total. The quantitative estimate of drug-likeness (QED) is 0.642. The van der Waals surface area contributed by atoms with Crippen LogP contribution in [0.4, 0.5) is 0 Å². The van der Waals surface area contributed by atoms with Crippen molar-refractivity contribution in [1.29, 1.82) is 0 Å². The Kier molecular flexibility index (Phi) is 5.11. The fourth-order valence-corrected chi connectivity index (χ4v) is 1.57. The summed E-state index contributed by atoms with van der Waals surface area (Å²) in [5, 5.41) is 26.0. The predicted octanol–water partition coefficient (Wildman–Crippen LogP) is 0.298. The molecule has 1 aromatic heterocycles. The number of aliphatic hydroxyl groups excluding tert-OH is 2. The van der Waals surface area contributed by atoms with Crippen molar-refractivity contribution in [2.75, 3.05) is 13.2 Å². The van der Waals surface area contributed by atoms with Gasteiger partial charge in [-0.3, -0.25) is 4.68 Å². The monoisotopic (exact) mass is 241 g/mol. The summed E-state index contributed by atoms with van der Waals surface area (Å²) < 4.78 is 1.95. The maximum absolute atomic E-state index is 9.20. The molecule has 0 saturated carbocycles. The molecule has 3 N–H and O–H groups in total. The predicted molar refractivity (Wildman–Crippen MR) is 66.7 cm³/mol. The lowest BCUT2D eigenvalue weighted by Crippen LogP contribution is -2.48. The highest BCUT2D eigenvalue weighted by atomic mass is 16.3. The lowest BCUT2D eigenvalue weighted by molar-refractivity contribution is 0.102. The Hall–Kier alpha value is -0.910. The minimum absolute atomic E-state index is 0.0929. The van der Waals surface area contributed by atoms with Crippen LogP contribution in [0, 0.1) is 0 Å². The van der Waals surface area contributed by atoms with Crippen LogP contribution in [-0.4, -0.2) is 38.7 Å². The number of hydrogen-bond donors (Lipinski definition) is 3. The van der Waals surface area contributed by atoms with E-state index in [2.05, 4.69) is 23.4 Å². The zero-order valence-corrected chi connectivity index (χ0v) is 10.9. The van der Waals surface area contributed by atoms with Crippen LogP contribution < -0.4 is 5.32 Å². The van der Waals surface area contributed by atoms with E-state index in [0.29, 0.717) is 6.54 Å². The summed E-state index contributed by atoms with van der Waals surface area (Å²) in [4.78, 5) is 0. The molecule has 0 atom stereocenters. The van der Waals surface area contributed by atoms with E-state index >= 15 is 0 Å². The van der Waals surface area contributed by atoms with Gasteiger partial charge in [-0.2, -0.15) is 5.10 Å². The summed E-state index contributed by atoms with van der Waals surface area (Å²) in [7, 11) is 0. The van der Waals surface area contributed by atoms with Crippen LogP contribution in [0.15, 0.2) is 6.07 Å². The first-order valence-corrected chi connectivity index (χ1v) is 6.11. The normalized spacial score (nSPS) is 12.1. The summed E-state index contributed by atoms with van der Waals surface area (Å²) in [6.07, 6.45) is 0.914. The zero-order chi connectivity index (χ0) is 12.9. The van der Waals surface area contributed by atoms with Gasteiger partial charge in [0.25, 0.3) is 0 Å². The van der Waals surface area contributed by atoms with Gasteiger partial charge >= 0.3 is 0 Å². The molecule has 1 heterocycles. The average molecular weight is 241 g/mol.